The SMILES string of the molecule is COc1cccc(CNC(=O)C(C)(C)COC2(C(=O)O)C=c3ccccc3=NC2C)c1. The normalized spacial score (nSPS) is 20.1. The first-order chi connectivity index (χ1) is 14.7. The smallest absolute Gasteiger partial charge is 0.342 e. The Hall–Kier alpha value is -3.19. The Kier molecular flexibility index (Phi) is 6.45. The largest absolute Gasteiger partial charge is 0.497 e. The van der Waals surface area contributed by atoms with Gasteiger partial charge in [-0.1, -0.05) is 30.3 Å². The summed E-state index contributed by atoms with van der Waals surface area (Å²) in [5, 5.41) is 14.3. The van der Waals surface area contributed by atoms with Crippen molar-refractivity contribution in [1.82, 2.24) is 5.32 Å². The summed E-state index contributed by atoms with van der Waals surface area (Å²) in [5.74, 6) is -0.661. The van der Waals surface area contributed by atoms with Gasteiger partial charge in [0.2, 0.25) is 11.5 Å². The van der Waals surface area contributed by atoms with Crippen LogP contribution in [0.25, 0.3) is 6.08 Å². The number of hydrogen-bond acceptors (Lipinski definition) is 5. The standard InChI is InChI=1S/C24H28N2O5/c1-16-24(22(28)29,13-18-9-5-6-11-20(18)26-16)31-15-23(2,3)21(27)25-14-17-8-7-10-19(12-17)30-4/h5-13,16H,14-15H2,1-4H3,(H,25,27)(H,28,29). The minimum absolute atomic E-state index is 0.0816. The molecule has 1 heterocycles. The molecule has 2 atom stereocenters. The molecule has 0 radical (unpaired) electrons. The number of methoxy groups -OCH3 is 1. The summed E-state index contributed by atoms with van der Waals surface area (Å²) in [6.45, 7) is 5.40. The Balaban J connectivity index is 1.73. The number of rotatable bonds is 8. The number of carboxylic acid groups (broad SMARTS) is 1. The van der Waals surface area contributed by atoms with Crippen LogP contribution in [0.1, 0.15) is 26.3 Å². The number of aliphatic carboxylic acids is 1. The molecule has 2 aromatic rings. The van der Waals surface area contributed by atoms with Gasteiger partial charge >= 0.3 is 5.97 Å². The van der Waals surface area contributed by atoms with Gasteiger partial charge < -0.3 is 19.9 Å². The number of nitrogens with one attached hydrogen (secondary N) is 1. The number of nitrogens with zero attached hydrogens (tertiary/aromatic N) is 1. The lowest BCUT2D eigenvalue weighted by atomic mass is 9.89. The molecule has 2 N–H and O–H groups in total. The number of para-hydroxylation sites is 1. The molecule has 1 aliphatic heterocycles. The monoisotopic (exact) mass is 424 g/mol. The van der Waals surface area contributed by atoms with Gasteiger partial charge in [-0.05, 0) is 55.8 Å². The first kappa shape index (κ1) is 22.5. The minimum Gasteiger partial charge on any atom is -0.497 e. The molecule has 3 rings (SSSR count). The molecule has 0 saturated carbocycles. The molecule has 0 saturated heterocycles. The number of amides is 1. The maximum absolute atomic E-state index is 12.8. The summed E-state index contributed by atoms with van der Waals surface area (Å²) in [5.41, 5.74) is -1.69. The zero-order chi connectivity index (χ0) is 22.6. The van der Waals surface area contributed by atoms with Crippen LogP contribution in [-0.4, -0.2) is 42.3 Å². The fraction of sp³-hybridized carbons (Fsp3) is 0.375. The van der Waals surface area contributed by atoms with Gasteiger partial charge in [0.15, 0.2) is 0 Å². The first-order valence-electron chi connectivity index (χ1n) is 10.1. The Morgan fingerprint density at radius 2 is 1.94 bits per heavy atom. The zero-order valence-electron chi connectivity index (χ0n) is 18.2. The van der Waals surface area contributed by atoms with Gasteiger partial charge in [0.25, 0.3) is 0 Å². The van der Waals surface area contributed by atoms with Gasteiger partial charge in [0, 0.05) is 6.54 Å². The van der Waals surface area contributed by atoms with E-state index in [0.717, 1.165) is 10.9 Å². The number of carbonyl (C=O) groups is 2. The van der Waals surface area contributed by atoms with E-state index in [1.54, 1.807) is 40.0 Å². The molecular weight excluding hydrogens is 396 g/mol. The molecule has 31 heavy (non-hydrogen) atoms. The van der Waals surface area contributed by atoms with Crippen molar-refractivity contribution in [3.63, 3.8) is 0 Å². The molecule has 7 nitrogen and oxygen atoms in total. The van der Waals surface area contributed by atoms with E-state index in [1.165, 1.54) is 0 Å². The van der Waals surface area contributed by atoms with Crippen LogP contribution < -0.4 is 20.6 Å². The van der Waals surface area contributed by atoms with Gasteiger partial charge in [-0.3, -0.25) is 9.79 Å². The number of hydrogen-bond donors (Lipinski definition) is 2. The van der Waals surface area contributed by atoms with E-state index in [9.17, 15) is 14.7 Å². The zero-order valence-corrected chi connectivity index (χ0v) is 18.2. The fourth-order valence-corrected chi connectivity index (χ4v) is 3.42. The van der Waals surface area contributed by atoms with E-state index in [2.05, 4.69) is 10.3 Å². The Bertz CT molecular complexity index is 1100. The lowest BCUT2D eigenvalue weighted by molar-refractivity contribution is -0.164. The van der Waals surface area contributed by atoms with Crippen molar-refractivity contribution in [3.05, 3.63) is 64.7 Å². The molecule has 0 spiro atoms. The maximum atomic E-state index is 12.8. The van der Waals surface area contributed by atoms with E-state index >= 15 is 0 Å². The van der Waals surface area contributed by atoms with Crippen molar-refractivity contribution < 1.29 is 24.2 Å². The molecule has 2 unspecified atom stereocenters. The molecule has 1 aliphatic rings. The lowest BCUT2D eigenvalue weighted by Crippen LogP contribution is -2.55. The highest BCUT2D eigenvalue weighted by Gasteiger charge is 2.46. The van der Waals surface area contributed by atoms with Crippen molar-refractivity contribution >= 4 is 18.0 Å². The fourth-order valence-electron chi connectivity index (χ4n) is 3.42. The average molecular weight is 424 g/mol. The Morgan fingerprint density at radius 1 is 1.19 bits per heavy atom. The number of carboxylic acids is 1. The lowest BCUT2D eigenvalue weighted by Gasteiger charge is -2.35. The summed E-state index contributed by atoms with van der Waals surface area (Å²) in [6, 6.07) is 14.1. The molecule has 0 aliphatic carbocycles. The molecule has 1 amide bonds. The average Bonchev–Trinajstić information content (AvgIpc) is 2.76. The summed E-state index contributed by atoms with van der Waals surface area (Å²) in [4.78, 5) is 29.6. The molecular formula is C24H28N2O5. The van der Waals surface area contributed by atoms with E-state index in [4.69, 9.17) is 9.47 Å². The van der Waals surface area contributed by atoms with Crippen LogP contribution in [0.5, 0.6) is 5.75 Å². The van der Waals surface area contributed by atoms with Crippen molar-refractivity contribution in [2.24, 2.45) is 10.4 Å². The van der Waals surface area contributed by atoms with Gasteiger partial charge in [0.05, 0.1) is 30.5 Å². The van der Waals surface area contributed by atoms with Crippen molar-refractivity contribution in [2.75, 3.05) is 13.7 Å². The van der Waals surface area contributed by atoms with Gasteiger partial charge in [-0.2, -0.15) is 0 Å². The summed E-state index contributed by atoms with van der Waals surface area (Å²) < 4.78 is 11.1. The second-order valence-corrected chi connectivity index (χ2v) is 8.31. The van der Waals surface area contributed by atoms with Crippen LogP contribution in [0.15, 0.2) is 53.5 Å². The van der Waals surface area contributed by atoms with Crippen LogP contribution in [0.4, 0.5) is 0 Å². The predicted molar refractivity (Wildman–Crippen MR) is 116 cm³/mol. The van der Waals surface area contributed by atoms with Crippen molar-refractivity contribution in [1.29, 1.82) is 0 Å². The maximum Gasteiger partial charge on any atom is 0.342 e. The second-order valence-electron chi connectivity index (χ2n) is 8.31. The minimum atomic E-state index is -1.64. The molecule has 164 valence electrons. The molecule has 0 fully saturated rings. The molecule has 7 heteroatoms. The quantitative estimate of drug-likeness (QED) is 0.672. The van der Waals surface area contributed by atoms with Gasteiger partial charge in [-0.25, -0.2) is 4.79 Å². The van der Waals surface area contributed by atoms with Crippen LogP contribution in [-0.2, 0) is 20.9 Å². The van der Waals surface area contributed by atoms with Crippen LogP contribution in [0.3, 0.4) is 0 Å². The third-order valence-corrected chi connectivity index (χ3v) is 5.47. The highest BCUT2D eigenvalue weighted by atomic mass is 16.5. The number of fused-ring (bicyclic) bond motifs is 1. The molecule has 2 aromatic carbocycles. The number of benzene rings is 2. The van der Waals surface area contributed by atoms with Gasteiger partial charge in [-0.15, -0.1) is 0 Å². The van der Waals surface area contributed by atoms with Crippen LogP contribution >= 0.6 is 0 Å². The highest BCUT2D eigenvalue weighted by Crippen LogP contribution is 2.27. The van der Waals surface area contributed by atoms with Gasteiger partial charge in [0.1, 0.15) is 5.75 Å². The van der Waals surface area contributed by atoms with E-state index in [0.29, 0.717) is 17.5 Å². The summed E-state index contributed by atoms with van der Waals surface area (Å²) in [6.07, 6.45) is 1.59. The highest BCUT2D eigenvalue weighted by molar-refractivity contribution is 5.87. The second kappa shape index (κ2) is 8.89. The van der Waals surface area contributed by atoms with E-state index in [1.807, 2.05) is 42.5 Å². The summed E-state index contributed by atoms with van der Waals surface area (Å²) in [7, 11) is 1.59. The predicted octanol–water partition coefficient (Wildman–Crippen LogP) is 1.68. The topological polar surface area (TPSA) is 97.2 Å². The third-order valence-electron chi connectivity index (χ3n) is 5.47. The summed E-state index contributed by atoms with van der Waals surface area (Å²) >= 11 is 0. The Morgan fingerprint density at radius 3 is 2.65 bits per heavy atom. The Labute approximate surface area is 181 Å². The van der Waals surface area contributed by atoms with Crippen molar-refractivity contribution in [2.45, 2.75) is 39.0 Å². The van der Waals surface area contributed by atoms with Crippen molar-refractivity contribution in [3.8, 4) is 5.75 Å². The van der Waals surface area contributed by atoms with Crippen LogP contribution in [0.2, 0.25) is 0 Å². The van der Waals surface area contributed by atoms with E-state index in [-0.39, 0.29) is 12.5 Å². The molecule has 0 bridgehead atoms. The third kappa shape index (κ3) is 4.77. The van der Waals surface area contributed by atoms with E-state index < -0.39 is 23.0 Å². The molecule has 0 aromatic heterocycles. The first-order valence-corrected chi connectivity index (χ1v) is 10.1. The number of carbonyl (C=O) groups excluding carboxylic acids is 1. The number of ether oxygens (including phenoxy) is 2. The van der Waals surface area contributed by atoms with Crippen LogP contribution in [0, 0.1) is 5.41 Å².